The highest BCUT2D eigenvalue weighted by atomic mass is 16.3. The number of aromatic hydroxyl groups is 1. The second-order valence-corrected chi connectivity index (χ2v) is 5.23. The van der Waals surface area contributed by atoms with E-state index >= 15 is 0 Å². The Kier molecular flexibility index (Phi) is 3.88. The first kappa shape index (κ1) is 14.9. The van der Waals surface area contributed by atoms with Crippen molar-refractivity contribution in [3.63, 3.8) is 0 Å². The molecule has 2 aromatic rings. The summed E-state index contributed by atoms with van der Waals surface area (Å²) in [6.45, 7) is 1.47. The zero-order valence-electron chi connectivity index (χ0n) is 12.6. The average molecular weight is 315 g/mol. The van der Waals surface area contributed by atoms with Crippen LogP contribution in [0.2, 0.25) is 0 Å². The molecular weight excluding hydrogens is 298 g/mol. The second-order valence-electron chi connectivity index (χ2n) is 5.23. The lowest BCUT2D eigenvalue weighted by Crippen LogP contribution is -2.38. The summed E-state index contributed by atoms with van der Waals surface area (Å²) in [5.41, 5.74) is 1.29. The number of nitrogens with one attached hydrogen (secondary N) is 2. The van der Waals surface area contributed by atoms with E-state index in [1.54, 1.807) is 27.8 Å². The smallest absolute Gasteiger partial charge is 0.320 e. The van der Waals surface area contributed by atoms with Crippen LogP contribution < -0.4 is 10.6 Å². The Morgan fingerprint density at radius 2 is 2.09 bits per heavy atom. The quantitative estimate of drug-likeness (QED) is 0.769. The Bertz CT molecular complexity index is 755. The van der Waals surface area contributed by atoms with Gasteiger partial charge in [-0.3, -0.25) is 14.8 Å². The number of anilines is 1. The SMILES string of the molecule is CNC(=O)Nc1cc2n(n1)CCN(C(=O)c1cccc(O)c1)C2. The Labute approximate surface area is 132 Å². The van der Waals surface area contributed by atoms with Crippen LogP contribution in [0.4, 0.5) is 10.6 Å². The van der Waals surface area contributed by atoms with Gasteiger partial charge < -0.3 is 15.3 Å². The van der Waals surface area contributed by atoms with Crippen LogP contribution in [0, 0.1) is 0 Å². The molecular formula is C15H17N5O3. The molecule has 0 unspecified atom stereocenters. The molecule has 8 nitrogen and oxygen atoms in total. The minimum absolute atomic E-state index is 0.0648. The zero-order valence-corrected chi connectivity index (χ0v) is 12.6. The van der Waals surface area contributed by atoms with Crippen LogP contribution in [-0.2, 0) is 13.1 Å². The number of carbonyl (C=O) groups excluding carboxylic acids is 2. The summed E-state index contributed by atoms with van der Waals surface area (Å²) in [7, 11) is 1.53. The van der Waals surface area contributed by atoms with Gasteiger partial charge in [0.2, 0.25) is 0 Å². The van der Waals surface area contributed by atoms with E-state index in [-0.39, 0.29) is 17.7 Å². The van der Waals surface area contributed by atoms with Gasteiger partial charge in [-0.1, -0.05) is 6.07 Å². The first-order chi connectivity index (χ1) is 11.1. The normalized spacial score (nSPS) is 13.3. The van der Waals surface area contributed by atoms with Crippen LogP contribution in [0.5, 0.6) is 5.75 Å². The van der Waals surface area contributed by atoms with Crippen molar-refractivity contribution in [2.75, 3.05) is 18.9 Å². The lowest BCUT2D eigenvalue weighted by molar-refractivity contribution is 0.0705. The molecule has 1 aliphatic heterocycles. The largest absolute Gasteiger partial charge is 0.508 e. The van der Waals surface area contributed by atoms with Gasteiger partial charge in [-0.15, -0.1) is 0 Å². The number of aromatic nitrogens is 2. The molecule has 1 aliphatic rings. The topological polar surface area (TPSA) is 99.5 Å². The number of benzene rings is 1. The minimum atomic E-state index is -0.340. The van der Waals surface area contributed by atoms with Crippen molar-refractivity contribution in [2.24, 2.45) is 0 Å². The number of phenolic OH excluding ortho intramolecular Hbond substituents is 1. The molecule has 120 valence electrons. The third kappa shape index (κ3) is 3.10. The Balaban J connectivity index is 1.75. The van der Waals surface area contributed by atoms with Crippen molar-refractivity contribution < 1.29 is 14.7 Å². The van der Waals surface area contributed by atoms with Crippen LogP contribution in [-0.4, -0.2) is 45.3 Å². The molecule has 0 saturated carbocycles. The molecule has 2 heterocycles. The van der Waals surface area contributed by atoms with Gasteiger partial charge in [-0.05, 0) is 18.2 Å². The van der Waals surface area contributed by atoms with Crippen molar-refractivity contribution in [1.29, 1.82) is 0 Å². The third-order valence-electron chi connectivity index (χ3n) is 3.65. The first-order valence-corrected chi connectivity index (χ1v) is 7.20. The fraction of sp³-hybridized carbons (Fsp3) is 0.267. The van der Waals surface area contributed by atoms with Gasteiger partial charge in [-0.2, -0.15) is 5.10 Å². The molecule has 0 atom stereocenters. The molecule has 0 saturated heterocycles. The van der Waals surface area contributed by atoms with E-state index in [2.05, 4.69) is 15.7 Å². The summed E-state index contributed by atoms with van der Waals surface area (Å²) < 4.78 is 1.78. The Hall–Kier alpha value is -3.03. The Morgan fingerprint density at radius 1 is 1.26 bits per heavy atom. The molecule has 0 aliphatic carbocycles. The van der Waals surface area contributed by atoms with Crippen molar-refractivity contribution in [2.45, 2.75) is 13.1 Å². The summed E-state index contributed by atoms with van der Waals surface area (Å²) in [5, 5.41) is 18.9. The number of hydrogen-bond donors (Lipinski definition) is 3. The highest BCUT2D eigenvalue weighted by Gasteiger charge is 2.23. The molecule has 8 heteroatoms. The molecule has 3 rings (SSSR count). The monoisotopic (exact) mass is 315 g/mol. The van der Waals surface area contributed by atoms with Gasteiger partial charge in [0.1, 0.15) is 5.75 Å². The van der Waals surface area contributed by atoms with Crippen LogP contribution in [0.3, 0.4) is 0 Å². The lowest BCUT2D eigenvalue weighted by atomic mass is 10.1. The molecule has 0 bridgehead atoms. The van der Waals surface area contributed by atoms with Crippen LogP contribution in [0.15, 0.2) is 30.3 Å². The van der Waals surface area contributed by atoms with Crippen LogP contribution >= 0.6 is 0 Å². The van der Waals surface area contributed by atoms with Gasteiger partial charge >= 0.3 is 6.03 Å². The zero-order chi connectivity index (χ0) is 16.4. The van der Waals surface area contributed by atoms with Crippen molar-refractivity contribution >= 4 is 17.8 Å². The fourth-order valence-electron chi connectivity index (χ4n) is 2.50. The Morgan fingerprint density at radius 3 is 2.83 bits per heavy atom. The maximum Gasteiger partial charge on any atom is 0.320 e. The second kappa shape index (κ2) is 5.99. The van der Waals surface area contributed by atoms with E-state index in [0.717, 1.165) is 5.69 Å². The predicted octanol–water partition coefficient (Wildman–Crippen LogP) is 0.996. The van der Waals surface area contributed by atoms with Gasteiger partial charge in [0, 0.05) is 25.2 Å². The average Bonchev–Trinajstić information content (AvgIpc) is 2.95. The van der Waals surface area contributed by atoms with Crippen molar-refractivity contribution in [3.05, 3.63) is 41.6 Å². The van der Waals surface area contributed by atoms with E-state index in [0.29, 0.717) is 31.0 Å². The highest BCUT2D eigenvalue weighted by Crippen LogP contribution is 2.20. The summed E-state index contributed by atoms with van der Waals surface area (Å²) in [4.78, 5) is 25.5. The van der Waals surface area contributed by atoms with E-state index in [1.165, 1.54) is 19.2 Å². The van der Waals surface area contributed by atoms with Crippen LogP contribution in [0.1, 0.15) is 16.1 Å². The van der Waals surface area contributed by atoms with Crippen molar-refractivity contribution in [1.82, 2.24) is 20.0 Å². The highest BCUT2D eigenvalue weighted by molar-refractivity contribution is 5.94. The number of amides is 3. The molecule has 1 aromatic heterocycles. The minimum Gasteiger partial charge on any atom is -0.508 e. The molecule has 3 amide bonds. The van der Waals surface area contributed by atoms with E-state index in [4.69, 9.17) is 0 Å². The standard InChI is InChI=1S/C15H17N5O3/c1-16-15(23)17-13-8-11-9-19(5-6-20(11)18-13)14(22)10-3-2-4-12(21)7-10/h2-4,7-8,21H,5-6,9H2,1H3,(H2,16,17,18,23). The number of carbonyl (C=O) groups is 2. The van der Waals surface area contributed by atoms with E-state index in [1.807, 2.05) is 0 Å². The molecule has 23 heavy (non-hydrogen) atoms. The number of nitrogens with zero attached hydrogens (tertiary/aromatic N) is 3. The number of urea groups is 1. The molecule has 1 aromatic carbocycles. The molecule has 0 fully saturated rings. The van der Waals surface area contributed by atoms with Gasteiger partial charge in [0.25, 0.3) is 5.91 Å². The van der Waals surface area contributed by atoms with Crippen molar-refractivity contribution in [3.8, 4) is 5.75 Å². The molecule has 0 spiro atoms. The maximum atomic E-state index is 12.5. The van der Waals surface area contributed by atoms with E-state index in [9.17, 15) is 14.7 Å². The van der Waals surface area contributed by atoms with E-state index < -0.39 is 0 Å². The summed E-state index contributed by atoms with van der Waals surface area (Å²) in [5.74, 6) is 0.370. The molecule has 3 N–H and O–H groups in total. The van der Waals surface area contributed by atoms with Gasteiger partial charge in [-0.25, -0.2) is 4.79 Å². The third-order valence-corrected chi connectivity index (χ3v) is 3.65. The molecule has 0 radical (unpaired) electrons. The lowest BCUT2D eigenvalue weighted by Gasteiger charge is -2.27. The van der Waals surface area contributed by atoms with Gasteiger partial charge in [0.05, 0.1) is 18.8 Å². The predicted molar refractivity (Wildman–Crippen MR) is 83.2 cm³/mol. The number of rotatable bonds is 2. The maximum absolute atomic E-state index is 12.5. The summed E-state index contributed by atoms with van der Waals surface area (Å²) in [6.07, 6.45) is 0. The number of phenols is 1. The summed E-state index contributed by atoms with van der Waals surface area (Å²) in [6, 6.07) is 7.70. The fourth-order valence-corrected chi connectivity index (χ4v) is 2.50. The number of hydrogen-bond acceptors (Lipinski definition) is 4. The first-order valence-electron chi connectivity index (χ1n) is 7.20. The summed E-state index contributed by atoms with van der Waals surface area (Å²) >= 11 is 0. The number of fused-ring (bicyclic) bond motifs is 1. The van der Waals surface area contributed by atoms with Crippen LogP contribution in [0.25, 0.3) is 0 Å². The van der Waals surface area contributed by atoms with Gasteiger partial charge in [0.15, 0.2) is 5.82 Å².